The Kier molecular flexibility index (Phi) is 3.42. The van der Waals surface area contributed by atoms with Crippen LogP contribution in [0.1, 0.15) is 24.1 Å². The van der Waals surface area contributed by atoms with Crippen molar-refractivity contribution in [1.82, 2.24) is 9.88 Å². The zero-order chi connectivity index (χ0) is 9.97. The highest BCUT2D eigenvalue weighted by Crippen LogP contribution is 2.27. The van der Waals surface area contributed by atoms with Crippen molar-refractivity contribution in [1.29, 1.82) is 0 Å². The van der Waals surface area contributed by atoms with Gasteiger partial charge in [-0.15, -0.1) is 11.3 Å². The molecule has 4 heteroatoms. The predicted octanol–water partition coefficient (Wildman–Crippen LogP) is 3.03. The van der Waals surface area contributed by atoms with Crippen molar-refractivity contribution in [3.63, 3.8) is 0 Å². The lowest BCUT2D eigenvalue weighted by atomic mass is 9.85. The molecule has 0 saturated heterocycles. The fraction of sp³-hybridized carbons (Fsp3) is 0.700. The van der Waals surface area contributed by atoms with E-state index in [-0.39, 0.29) is 0 Å². The Morgan fingerprint density at radius 3 is 2.93 bits per heavy atom. The van der Waals surface area contributed by atoms with E-state index in [0.29, 0.717) is 4.47 Å². The van der Waals surface area contributed by atoms with Crippen molar-refractivity contribution in [3.05, 3.63) is 15.5 Å². The van der Waals surface area contributed by atoms with E-state index >= 15 is 0 Å². The Balaban J connectivity index is 1.78. The maximum atomic E-state index is 5.78. The summed E-state index contributed by atoms with van der Waals surface area (Å²) in [6.07, 6.45) is 6.12. The molecule has 0 unspecified atom stereocenters. The molecule has 1 heterocycles. The standard InChI is InChI=1S/C10H15ClN2S/c1-13(6-8-3-2-4-8)7-9-5-12-10(11)14-9/h5,8H,2-4,6-7H2,1H3. The first-order valence-electron chi connectivity index (χ1n) is 5.03. The largest absolute Gasteiger partial charge is 0.301 e. The monoisotopic (exact) mass is 230 g/mol. The van der Waals surface area contributed by atoms with E-state index in [2.05, 4.69) is 16.9 Å². The van der Waals surface area contributed by atoms with Crippen LogP contribution in [-0.4, -0.2) is 23.5 Å². The minimum absolute atomic E-state index is 0.650. The lowest BCUT2D eigenvalue weighted by Gasteiger charge is -2.29. The topological polar surface area (TPSA) is 16.1 Å². The minimum Gasteiger partial charge on any atom is -0.301 e. The highest BCUT2D eigenvalue weighted by Gasteiger charge is 2.19. The van der Waals surface area contributed by atoms with E-state index < -0.39 is 0 Å². The number of nitrogens with zero attached hydrogens (tertiary/aromatic N) is 2. The molecule has 0 bridgehead atoms. The van der Waals surface area contributed by atoms with Gasteiger partial charge in [0.25, 0.3) is 0 Å². The molecule has 1 aliphatic carbocycles. The molecule has 2 nitrogen and oxygen atoms in total. The molecular formula is C10H15ClN2S. The lowest BCUT2D eigenvalue weighted by Crippen LogP contribution is -2.28. The van der Waals surface area contributed by atoms with Gasteiger partial charge in [-0.2, -0.15) is 0 Å². The van der Waals surface area contributed by atoms with E-state index in [9.17, 15) is 0 Å². The number of hydrogen-bond acceptors (Lipinski definition) is 3. The SMILES string of the molecule is CN(Cc1cnc(Cl)s1)CC1CCC1. The first kappa shape index (κ1) is 10.4. The summed E-state index contributed by atoms with van der Waals surface area (Å²) in [7, 11) is 2.17. The second-order valence-corrected chi connectivity index (χ2v) is 5.77. The van der Waals surface area contributed by atoms with Gasteiger partial charge >= 0.3 is 0 Å². The third kappa shape index (κ3) is 2.69. The first-order chi connectivity index (χ1) is 6.74. The summed E-state index contributed by atoms with van der Waals surface area (Å²) >= 11 is 7.36. The lowest BCUT2D eigenvalue weighted by molar-refractivity contribution is 0.201. The molecule has 0 N–H and O–H groups in total. The molecular weight excluding hydrogens is 216 g/mol. The van der Waals surface area contributed by atoms with Gasteiger partial charge in [-0.1, -0.05) is 18.0 Å². The van der Waals surface area contributed by atoms with Gasteiger partial charge in [-0.25, -0.2) is 4.98 Å². The quantitative estimate of drug-likeness (QED) is 0.791. The zero-order valence-corrected chi connectivity index (χ0v) is 9.94. The average Bonchev–Trinajstić information content (AvgIpc) is 2.44. The van der Waals surface area contributed by atoms with Gasteiger partial charge in [0.2, 0.25) is 0 Å². The third-order valence-electron chi connectivity index (χ3n) is 2.75. The molecule has 0 aliphatic heterocycles. The van der Waals surface area contributed by atoms with Crippen molar-refractivity contribution in [2.75, 3.05) is 13.6 Å². The van der Waals surface area contributed by atoms with Crippen LogP contribution >= 0.6 is 22.9 Å². The predicted molar refractivity (Wildman–Crippen MR) is 60.8 cm³/mol. The molecule has 1 aromatic rings. The second-order valence-electron chi connectivity index (χ2n) is 4.07. The number of hydrogen-bond donors (Lipinski definition) is 0. The Bertz CT molecular complexity index is 296. The van der Waals surface area contributed by atoms with Gasteiger partial charge in [0, 0.05) is 24.2 Å². The van der Waals surface area contributed by atoms with Crippen LogP contribution in [0.25, 0.3) is 0 Å². The summed E-state index contributed by atoms with van der Waals surface area (Å²) in [5.41, 5.74) is 0. The van der Waals surface area contributed by atoms with Gasteiger partial charge in [0.15, 0.2) is 4.47 Å². The molecule has 1 aromatic heterocycles. The molecule has 0 radical (unpaired) electrons. The maximum Gasteiger partial charge on any atom is 0.183 e. The molecule has 0 atom stereocenters. The van der Waals surface area contributed by atoms with Crippen LogP contribution in [0.3, 0.4) is 0 Å². The van der Waals surface area contributed by atoms with Gasteiger partial charge in [-0.3, -0.25) is 0 Å². The second kappa shape index (κ2) is 4.60. The highest BCUT2D eigenvalue weighted by atomic mass is 35.5. The third-order valence-corrected chi connectivity index (χ3v) is 3.85. The maximum absolute atomic E-state index is 5.78. The van der Waals surface area contributed by atoms with Crippen LogP contribution in [0, 0.1) is 5.92 Å². The van der Waals surface area contributed by atoms with Crippen molar-refractivity contribution in [3.8, 4) is 0 Å². The molecule has 1 saturated carbocycles. The number of rotatable bonds is 4. The van der Waals surface area contributed by atoms with Crippen LogP contribution in [0.15, 0.2) is 6.20 Å². The van der Waals surface area contributed by atoms with Crippen LogP contribution in [0.4, 0.5) is 0 Å². The fourth-order valence-corrected chi connectivity index (χ4v) is 2.86. The van der Waals surface area contributed by atoms with Gasteiger partial charge in [-0.05, 0) is 25.8 Å². The Hall–Kier alpha value is -0.120. The van der Waals surface area contributed by atoms with Crippen LogP contribution in [-0.2, 0) is 6.54 Å². The molecule has 0 spiro atoms. The molecule has 14 heavy (non-hydrogen) atoms. The average molecular weight is 231 g/mol. The minimum atomic E-state index is 0.650. The normalized spacial score (nSPS) is 17.4. The molecule has 1 fully saturated rings. The molecule has 0 amide bonds. The van der Waals surface area contributed by atoms with Gasteiger partial charge in [0.05, 0.1) is 0 Å². The zero-order valence-electron chi connectivity index (χ0n) is 8.37. The smallest absolute Gasteiger partial charge is 0.183 e. The summed E-state index contributed by atoms with van der Waals surface area (Å²) in [5, 5.41) is 0. The van der Waals surface area contributed by atoms with Gasteiger partial charge in [0.1, 0.15) is 0 Å². The highest BCUT2D eigenvalue weighted by molar-refractivity contribution is 7.15. The fourth-order valence-electron chi connectivity index (χ4n) is 1.80. The first-order valence-corrected chi connectivity index (χ1v) is 6.22. The van der Waals surface area contributed by atoms with Crippen molar-refractivity contribution < 1.29 is 0 Å². The van der Waals surface area contributed by atoms with Crippen LogP contribution in [0.2, 0.25) is 4.47 Å². The van der Waals surface area contributed by atoms with E-state index in [1.807, 2.05) is 6.20 Å². The van der Waals surface area contributed by atoms with Crippen LogP contribution < -0.4 is 0 Å². The summed E-state index contributed by atoms with van der Waals surface area (Å²) in [6, 6.07) is 0. The van der Waals surface area contributed by atoms with Crippen molar-refractivity contribution in [2.45, 2.75) is 25.8 Å². The molecule has 0 aromatic carbocycles. The number of aromatic nitrogens is 1. The van der Waals surface area contributed by atoms with Crippen LogP contribution in [0.5, 0.6) is 0 Å². The molecule has 78 valence electrons. The number of halogens is 1. The Morgan fingerprint density at radius 1 is 1.64 bits per heavy atom. The summed E-state index contributed by atoms with van der Waals surface area (Å²) in [5.74, 6) is 0.934. The molecule has 2 rings (SSSR count). The van der Waals surface area contributed by atoms with Crippen molar-refractivity contribution >= 4 is 22.9 Å². The summed E-state index contributed by atoms with van der Waals surface area (Å²) < 4.78 is 0.650. The molecule has 1 aliphatic rings. The van der Waals surface area contributed by atoms with Gasteiger partial charge < -0.3 is 4.90 Å². The summed E-state index contributed by atoms with van der Waals surface area (Å²) in [6.45, 7) is 2.20. The summed E-state index contributed by atoms with van der Waals surface area (Å²) in [4.78, 5) is 7.67. The van der Waals surface area contributed by atoms with E-state index in [1.54, 1.807) is 11.3 Å². The van der Waals surface area contributed by atoms with E-state index in [4.69, 9.17) is 11.6 Å². The van der Waals surface area contributed by atoms with Crippen molar-refractivity contribution in [2.24, 2.45) is 5.92 Å². The Morgan fingerprint density at radius 2 is 2.43 bits per heavy atom. The number of thiazole rings is 1. The van der Waals surface area contributed by atoms with E-state index in [0.717, 1.165) is 12.5 Å². The van der Waals surface area contributed by atoms with E-state index in [1.165, 1.54) is 30.7 Å². The Labute approximate surface area is 93.9 Å².